The zero-order chi connectivity index (χ0) is 15.7. The third-order valence-corrected chi connectivity index (χ3v) is 3.31. The third kappa shape index (κ3) is 2.61. The van der Waals surface area contributed by atoms with E-state index >= 15 is 0 Å². The Labute approximate surface area is 126 Å². The summed E-state index contributed by atoms with van der Waals surface area (Å²) in [4.78, 5) is 11.5. The molecule has 4 nitrogen and oxygen atoms in total. The predicted molar refractivity (Wildman–Crippen MR) is 80.7 cm³/mol. The van der Waals surface area contributed by atoms with Crippen molar-refractivity contribution in [3.8, 4) is 16.9 Å². The van der Waals surface area contributed by atoms with E-state index in [1.807, 2.05) is 25.1 Å². The molecule has 0 fully saturated rings. The summed E-state index contributed by atoms with van der Waals surface area (Å²) in [5.74, 6) is -1.41. The van der Waals surface area contributed by atoms with Crippen LogP contribution in [-0.4, -0.2) is 20.9 Å². The molecule has 3 aromatic rings. The molecule has 0 radical (unpaired) electrons. The third-order valence-electron chi connectivity index (χ3n) is 3.31. The van der Waals surface area contributed by atoms with Crippen LogP contribution in [0.2, 0.25) is 0 Å². The number of aryl methyl sites for hydroxylation is 1. The average Bonchev–Trinajstić information content (AvgIpc) is 2.93. The molecule has 1 N–H and O–H groups in total. The van der Waals surface area contributed by atoms with Crippen molar-refractivity contribution in [2.45, 2.75) is 6.92 Å². The second kappa shape index (κ2) is 5.44. The molecular formula is C17H13FN2O2. The average molecular weight is 296 g/mol. The minimum Gasteiger partial charge on any atom is -0.477 e. The van der Waals surface area contributed by atoms with Gasteiger partial charge in [0.15, 0.2) is 5.69 Å². The summed E-state index contributed by atoms with van der Waals surface area (Å²) in [7, 11) is 0. The second-order valence-electron chi connectivity index (χ2n) is 4.98. The number of carboxylic acid groups (broad SMARTS) is 1. The van der Waals surface area contributed by atoms with E-state index < -0.39 is 5.97 Å². The smallest absolute Gasteiger partial charge is 0.354 e. The van der Waals surface area contributed by atoms with Crippen molar-refractivity contribution in [1.82, 2.24) is 9.78 Å². The van der Waals surface area contributed by atoms with Crippen LogP contribution >= 0.6 is 0 Å². The molecule has 22 heavy (non-hydrogen) atoms. The lowest BCUT2D eigenvalue weighted by Gasteiger charge is -2.05. The maximum atomic E-state index is 13.0. The zero-order valence-corrected chi connectivity index (χ0v) is 11.8. The molecule has 0 saturated heterocycles. The fourth-order valence-electron chi connectivity index (χ4n) is 2.25. The molecule has 0 bridgehead atoms. The maximum Gasteiger partial charge on any atom is 0.354 e. The first-order chi connectivity index (χ1) is 10.5. The van der Waals surface area contributed by atoms with Gasteiger partial charge in [0.2, 0.25) is 0 Å². The first kappa shape index (κ1) is 14.0. The number of carbonyl (C=O) groups is 1. The minimum absolute atomic E-state index is 0.0601. The maximum absolute atomic E-state index is 13.0. The van der Waals surface area contributed by atoms with Gasteiger partial charge in [0.25, 0.3) is 0 Å². The molecule has 0 aliphatic rings. The quantitative estimate of drug-likeness (QED) is 0.802. The van der Waals surface area contributed by atoms with Crippen molar-refractivity contribution in [1.29, 1.82) is 0 Å². The van der Waals surface area contributed by atoms with Crippen LogP contribution in [0.1, 0.15) is 16.1 Å². The molecule has 0 aliphatic heterocycles. The highest BCUT2D eigenvalue weighted by Crippen LogP contribution is 2.22. The van der Waals surface area contributed by atoms with Crippen LogP contribution in [0.3, 0.4) is 0 Å². The molecule has 2 aromatic carbocycles. The Morgan fingerprint density at radius 1 is 1.14 bits per heavy atom. The molecule has 3 rings (SSSR count). The Bertz CT molecular complexity index is 838. The van der Waals surface area contributed by atoms with Crippen molar-refractivity contribution in [2.24, 2.45) is 0 Å². The van der Waals surface area contributed by atoms with Crippen molar-refractivity contribution in [3.63, 3.8) is 0 Å². The number of hydrogen-bond acceptors (Lipinski definition) is 2. The number of halogens is 1. The van der Waals surface area contributed by atoms with Crippen molar-refractivity contribution in [3.05, 3.63) is 71.7 Å². The van der Waals surface area contributed by atoms with Gasteiger partial charge in [-0.1, -0.05) is 12.1 Å². The van der Waals surface area contributed by atoms with Crippen LogP contribution in [0.25, 0.3) is 16.9 Å². The topological polar surface area (TPSA) is 55.1 Å². The summed E-state index contributed by atoms with van der Waals surface area (Å²) in [6.07, 6.45) is 0. The van der Waals surface area contributed by atoms with Crippen molar-refractivity contribution in [2.75, 3.05) is 0 Å². The molecule has 0 amide bonds. The Morgan fingerprint density at radius 2 is 1.86 bits per heavy atom. The second-order valence-corrected chi connectivity index (χ2v) is 4.98. The number of hydrogen-bond donors (Lipinski definition) is 1. The Hall–Kier alpha value is -2.95. The monoisotopic (exact) mass is 296 g/mol. The highest BCUT2D eigenvalue weighted by atomic mass is 19.1. The van der Waals surface area contributed by atoms with Gasteiger partial charge >= 0.3 is 5.97 Å². The van der Waals surface area contributed by atoms with Crippen LogP contribution in [0.4, 0.5) is 4.39 Å². The first-order valence-corrected chi connectivity index (χ1v) is 6.71. The number of nitrogens with zero attached hydrogens (tertiary/aromatic N) is 2. The summed E-state index contributed by atoms with van der Waals surface area (Å²) in [5, 5.41) is 13.7. The van der Waals surface area contributed by atoms with Gasteiger partial charge in [0, 0.05) is 5.56 Å². The highest BCUT2D eigenvalue weighted by molar-refractivity contribution is 5.88. The predicted octanol–water partition coefficient (Wildman–Crippen LogP) is 3.69. The molecule has 0 aliphatic carbocycles. The number of benzene rings is 2. The molecule has 1 heterocycles. The van der Waals surface area contributed by atoms with Gasteiger partial charge in [0.05, 0.1) is 11.4 Å². The normalized spacial score (nSPS) is 10.6. The summed E-state index contributed by atoms with van der Waals surface area (Å²) in [6, 6.07) is 14.7. The lowest BCUT2D eigenvalue weighted by molar-refractivity contribution is 0.0687. The van der Waals surface area contributed by atoms with Crippen molar-refractivity contribution >= 4 is 5.97 Å². The molecule has 0 unspecified atom stereocenters. The SMILES string of the molecule is Cc1cccc(-n2nc(-c3ccc(F)cc3)cc2C(=O)O)c1. The lowest BCUT2D eigenvalue weighted by Crippen LogP contribution is -2.07. The number of carboxylic acids is 1. The number of aromatic nitrogens is 2. The van der Waals surface area contributed by atoms with Gasteiger partial charge in [0.1, 0.15) is 5.82 Å². The van der Waals surface area contributed by atoms with E-state index in [0.717, 1.165) is 5.56 Å². The van der Waals surface area contributed by atoms with Crippen LogP contribution in [-0.2, 0) is 0 Å². The summed E-state index contributed by atoms with van der Waals surface area (Å²) in [6.45, 7) is 1.92. The van der Waals surface area contributed by atoms with E-state index in [1.54, 1.807) is 18.2 Å². The number of rotatable bonds is 3. The van der Waals surface area contributed by atoms with Crippen LogP contribution < -0.4 is 0 Å². The first-order valence-electron chi connectivity index (χ1n) is 6.71. The summed E-state index contributed by atoms with van der Waals surface area (Å²) >= 11 is 0. The van der Waals surface area contributed by atoms with Gasteiger partial charge in [-0.05, 0) is 55.0 Å². The Kier molecular flexibility index (Phi) is 3.47. The molecule has 5 heteroatoms. The van der Waals surface area contributed by atoms with Gasteiger partial charge in [-0.15, -0.1) is 0 Å². The summed E-state index contributed by atoms with van der Waals surface area (Å²) in [5.41, 5.74) is 2.89. The van der Waals surface area contributed by atoms with Crippen molar-refractivity contribution < 1.29 is 14.3 Å². The summed E-state index contributed by atoms with van der Waals surface area (Å²) < 4.78 is 14.4. The molecule has 110 valence electrons. The minimum atomic E-state index is -1.07. The largest absolute Gasteiger partial charge is 0.477 e. The van der Waals surface area contributed by atoms with E-state index in [-0.39, 0.29) is 11.5 Å². The van der Waals surface area contributed by atoms with Gasteiger partial charge in [-0.25, -0.2) is 13.9 Å². The van der Waals surface area contributed by atoms with Gasteiger partial charge in [-0.3, -0.25) is 0 Å². The van der Waals surface area contributed by atoms with E-state index in [2.05, 4.69) is 5.10 Å². The molecule has 1 aromatic heterocycles. The van der Waals surface area contributed by atoms with Gasteiger partial charge in [-0.2, -0.15) is 5.10 Å². The zero-order valence-electron chi connectivity index (χ0n) is 11.8. The Balaban J connectivity index is 2.14. The van der Waals surface area contributed by atoms with Crippen LogP contribution in [0.5, 0.6) is 0 Å². The highest BCUT2D eigenvalue weighted by Gasteiger charge is 2.16. The molecule has 0 atom stereocenters. The van der Waals surface area contributed by atoms with E-state index in [4.69, 9.17) is 0 Å². The van der Waals surface area contributed by atoms with Crippen LogP contribution in [0.15, 0.2) is 54.6 Å². The number of aromatic carboxylic acids is 1. The van der Waals surface area contributed by atoms with E-state index in [0.29, 0.717) is 16.9 Å². The molecule has 0 spiro atoms. The van der Waals surface area contributed by atoms with E-state index in [9.17, 15) is 14.3 Å². The fourth-order valence-corrected chi connectivity index (χ4v) is 2.25. The fraction of sp³-hybridized carbons (Fsp3) is 0.0588. The molecular weight excluding hydrogens is 283 g/mol. The Morgan fingerprint density at radius 3 is 2.50 bits per heavy atom. The van der Waals surface area contributed by atoms with Gasteiger partial charge < -0.3 is 5.11 Å². The lowest BCUT2D eigenvalue weighted by atomic mass is 10.1. The standard InChI is InChI=1S/C17H13FN2O2/c1-11-3-2-4-14(9-11)20-16(17(21)22)10-15(19-20)12-5-7-13(18)8-6-12/h2-10H,1H3,(H,21,22). The van der Waals surface area contributed by atoms with E-state index in [1.165, 1.54) is 22.9 Å². The molecule has 0 saturated carbocycles. The van der Waals surface area contributed by atoms with Crippen LogP contribution in [0, 0.1) is 12.7 Å².